The molecule has 4 bridgehead atoms. The van der Waals surface area contributed by atoms with Gasteiger partial charge in [0.05, 0.1) is 24.2 Å². The largest absolute Gasteiger partial charge is 0.447 e. The molecule has 5 fully saturated rings. The van der Waals surface area contributed by atoms with Crippen LogP contribution in [-0.2, 0) is 19.1 Å². The van der Waals surface area contributed by atoms with Gasteiger partial charge >= 0.3 is 5.97 Å². The van der Waals surface area contributed by atoms with Gasteiger partial charge in [0.25, 0.3) is 5.91 Å². The molecule has 6 nitrogen and oxygen atoms in total. The number of amides is 1. The summed E-state index contributed by atoms with van der Waals surface area (Å²) in [6.45, 7) is 2.02. The minimum Gasteiger partial charge on any atom is -0.447 e. The molecule has 0 radical (unpaired) electrons. The van der Waals surface area contributed by atoms with Crippen molar-refractivity contribution in [2.45, 2.75) is 50.2 Å². The van der Waals surface area contributed by atoms with E-state index in [-0.39, 0.29) is 11.9 Å². The van der Waals surface area contributed by atoms with E-state index in [1.54, 1.807) is 4.90 Å². The number of rotatable bonds is 4. The van der Waals surface area contributed by atoms with Crippen molar-refractivity contribution < 1.29 is 24.2 Å². The summed E-state index contributed by atoms with van der Waals surface area (Å²) in [5.41, 5.74) is -0.683. The molecule has 4 aliphatic carbocycles. The molecule has 1 amide bonds. The van der Waals surface area contributed by atoms with Crippen molar-refractivity contribution >= 4 is 11.9 Å². The summed E-state index contributed by atoms with van der Waals surface area (Å²) in [5, 5.41) is 11.0. The summed E-state index contributed by atoms with van der Waals surface area (Å²) in [6, 6.07) is 9.27. The SMILES string of the molecule is O=C([C@@H](OC(=O)C12C[C@@H]3C[C@@H](CC(O)(C3)C1)C2)c1ccccc1)N1CCOCC1. The fourth-order valence-electron chi connectivity index (χ4n) is 6.52. The summed E-state index contributed by atoms with van der Waals surface area (Å²) in [4.78, 5) is 28.5. The molecule has 1 saturated heterocycles. The van der Waals surface area contributed by atoms with E-state index in [1.807, 2.05) is 30.3 Å². The highest BCUT2D eigenvalue weighted by Gasteiger charge is 2.61. The molecular formula is C23H29NO5. The average Bonchev–Trinajstić information content (AvgIpc) is 2.71. The zero-order valence-electron chi connectivity index (χ0n) is 16.7. The zero-order chi connectivity index (χ0) is 20.1. The Bertz CT molecular complexity index is 774. The molecule has 5 aliphatic rings. The minimum atomic E-state index is -0.940. The number of morpholine rings is 1. The Labute approximate surface area is 171 Å². The van der Waals surface area contributed by atoms with Crippen LogP contribution in [0.15, 0.2) is 30.3 Å². The Morgan fingerprint density at radius 2 is 1.72 bits per heavy atom. The molecule has 1 N–H and O–H groups in total. The number of hydrogen-bond donors (Lipinski definition) is 1. The van der Waals surface area contributed by atoms with E-state index in [9.17, 15) is 14.7 Å². The molecule has 1 aromatic rings. The molecule has 0 spiro atoms. The van der Waals surface area contributed by atoms with Gasteiger partial charge < -0.3 is 19.5 Å². The molecule has 6 rings (SSSR count). The summed E-state index contributed by atoms with van der Waals surface area (Å²) >= 11 is 0. The van der Waals surface area contributed by atoms with Crippen molar-refractivity contribution in [3.63, 3.8) is 0 Å². The van der Waals surface area contributed by atoms with Crippen molar-refractivity contribution in [3.8, 4) is 0 Å². The number of aliphatic hydroxyl groups is 1. The van der Waals surface area contributed by atoms with Gasteiger partial charge in [0, 0.05) is 18.7 Å². The minimum absolute atomic E-state index is 0.184. The average molecular weight is 399 g/mol. The Balaban J connectivity index is 1.40. The Kier molecular flexibility index (Phi) is 4.67. The first-order valence-electron chi connectivity index (χ1n) is 10.8. The van der Waals surface area contributed by atoms with Crippen LogP contribution in [0.25, 0.3) is 0 Å². The first kappa shape index (κ1) is 19.1. The maximum Gasteiger partial charge on any atom is 0.313 e. The molecule has 29 heavy (non-hydrogen) atoms. The smallest absolute Gasteiger partial charge is 0.313 e. The highest BCUT2D eigenvalue weighted by Crippen LogP contribution is 2.62. The van der Waals surface area contributed by atoms with Crippen LogP contribution < -0.4 is 0 Å². The van der Waals surface area contributed by atoms with Crippen LogP contribution in [0.1, 0.15) is 50.2 Å². The first-order chi connectivity index (χ1) is 14.0. The van der Waals surface area contributed by atoms with Crippen LogP contribution in [0, 0.1) is 17.3 Å². The fraction of sp³-hybridized carbons (Fsp3) is 0.652. The van der Waals surface area contributed by atoms with E-state index in [0.717, 1.165) is 32.1 Å². The van der Waals surface area contributed by atoms with Gasteiger partial charge in [-0.15, -0.1) is 0 Å². The number of hydrogen-bond acceptors (Lipinski definition) is 5. The summed E-state index contributed by atoms with van der Waals surface area (Å²) < 4.78 is 11.4. The monoisotopic (exact) mass is 399 g/mol. The number of carbonyl (C=O) groups excluding carboxylic acids is 2. The third kappa shape index (κ3) is 3.46. The highest BCUT2D eigenvalue weighted by atomic mass is 16.6. The summed E-state index contributed by atoms with van der Waals surface area (Å²) in [5.74, 6) is 0.287. The van der Waals surface area contributed by atoms with Crippen LogP contribution >= 0.6 is 0 Å². The van der Waals surface area contributed by atoms with E-state index in [0.29, 0.717) is 50.1 Å². The normalized spacial score (nSPS) is 36.7. The van der Waals surface area contributed by atoms with Crippen molar-refractivity contribution in [1.82, 2.24) is 4.90 Å². The van der Waals surface area contributed by atoms with Crippen molar-refractivity contribution in [3.05, 3.63) is 35.9 Å². The Hall–Kier alpha value is -1.92. The highest BCUT2D eigenvalue weighted by molar-refractivity contribution is 5.87. The second-order valence-electron chi connectivity index (χ2n) is 9.60. The number of nitrogens with zero attached hydrogens (tertiary/aromatic N) is 1. The first-order valence-corrected chi connectivity index (χ1v) is 10.8. The van der Waals surface area contributed by atoms with Crippen LogP contribution in [-0.4, -0.2) is 53.8 Å². The van der Waals surface area contributed by atoms with E-state index < -0.39 is 17.1 Å². The number of esters is 1. The lowest BCUT2D eigenvalue weighted by Gasteiger charge is -2.58. The zero-order valence-corrected chi connectivity index (χ0v) is 16.7. The van der Waals surface area contributed by atoms with Gasteiger partial charge in [0.1, 0.15) is 0 Å². The van der Waals surface area contributed by atoms with Crippen LogP contribution in [0.2, 0.25) is 0 Å². The molecule has 2 unspecified atom stereocenters. The van der Waals surface area contributed by atoms with Gasteiger partial charge in [-0.1, -0.05) is 30.3 Å². The molecule has 156 valence electrons. The number of benzene rings is 1. The van der Waals surface area contributed by atoms with Gasteiger partial charge in [-0.2, -0.15) is 0 Å². The Morgan fingerprint density at radius 1 is 1.07 bits per heavy atom. The van der Waals surface area contributed by atoms with Gasteiger partial charge in [-0.05, 0) is 50.4 Å². The van der Waals surface area contributed by atoms with E-state index in [4.69, 9.17) is 9.47 Å². The molecular weight excluding hydrogens is 370 g/mol. The van der Waals surface area contributed by atoms with Crippen LogP contribution in [0.4, 0.5) is 0 Å². The fourth-order valence-corrected chi connectivity index (χ4v) is 6.52. The molecule has 4 saturated carbocycles. The maximum atomic E-state index is 13.5. The van der Waals surface area contributed by atoms with Crippen molar-refractivity contribution in [2.75, 3.05) is 26.3 Å². The third-order valence-electron chi connectivity index (χ3n) is 7.34. The second kappa shape index (κ2) is 7.10. The second-order valence-corrected chi connectivity index (χ2v) is 9.60. The third-order valence-corrected chi connectivity index (χ3v) is 7.34. The lowest BCUT2D eigenvalue weighted by molar-refractivity contribution is -0.202. The lowest BCUT2D eigenvalue weighted by Crippen LogP contribution is -2.58. The number of ether oxygens (including phenoxy) is 2. The van der Waals surface area contributed by atoms with Crippen LogP contribution in [0.3, 0.4) is 0 Å². The molecule has 6 heteroatoms. The molecule has 0 aromatic heterocycles. The van der Waals surface area contributed by atoms with Crippen molar-refractivity contribution in [1.29, 1.82) is 0 Å². The van der Waals surface area contributed by atoms with Gasteiger partial charge in [-0.25, -0.2) is 0 Å². The molecule has 1 heterocycles. The topological polar surface area (TPSA) is 76.1 Å². The Morgan fingerprint density at radius 3 is 2.34 bits per heavy atom. The molecule has 1 aromatic carbocycles. The van der Waals surface area contributed by atoms with Gasteiger partial charge in [-0.3, -0.25) is 9.59 Å². The van der Waals surface area contributed by atoms with E-state index >= 15 is 0 Å². The van der Waals surface area contributed by atoms with E-state index in [2.05, 4.69) is 0 Å². The van der Waals surface area contributed by atoms with Gasteiger partial charge in [0.2, 0.25) is 6.10 Å². The van der Waals surface area contributed by atoms with Gasteiger partial charge in [0.15, 0.2) is 0 Å². The van der Waals surface area contributed by atoms with Crippen molar-refractivity contribution in [2.24, 2.45) is 17.3 Å². The predicted molar refractivity (Wildman–Crippen MR) is 105 cm³/mol. The van der Waals surface area contributed by atoms with Crippen LogP contribution in [0.5, 0.6) is 0 Å². The predicted octanol–water partition coefficient (Wildman–Crippen LogP) is 2.46. The quantitative estimate of drug-likeness (QED) is 0.787. The lowest BCUT2D eigenvalue weighted by atomic mass is 9.48. The molecule has 5 atom stereocenters. The molecule has 1 aliphatic heterocycles. The number of carbonyl (C=O) groups is 2. The maximum absolute atomic E-state index is 13.5. The summed E-state index contributed by atoms with van der Waals surface area (Å²) in [6.07, 6.45) is 3.78. The summed E-state index contributed by atoms with van der Waals surface area (Å²) in [7, 11) is 0. The standard InChI is InChI=1S/C23H29NO5/c25-20(24-6-8-28-9-7-24)19(18-4-2-1-3-5-18)29-21(26)22-11-16-10-17(12-22)14-23(27,13-16)15-22/h1-5,16-17,19,27H,6-15H2/t16-,17+,19-,22?,23?/m0/s1. The van der Waals surface area contributed by atoms with E-state index in [1.165, 1.54) is 0 Å².